The number of nitrogens with zero attached hydrogens (tertiary/aromatic N) is 2. The van der Waals surface area contributed by atoms with Gasteiger partial charge < -0.3 is 5.32 Å². The Bertz CT molecular complexity index is 456. The molecule has 1 N–H and O–H groups in total. The molecule has 0 radical (unpaired) electrons. The molecule has 0 spiro atoms. The minimum Gasteiger partial charge on any atom is -0.303 e. The van der Waals surface area contributed by atoms with Gasteiger partial charge in [0.15, 0.2) is 5.17 Å². The molecule has 0 aromatic heterocycles. The third kappa shape index (κ3) is 3.31. The van der Waals surface area contributed by atoms with Gasteiger partial charge in [0, 0.05) is 3.57 Å². The van der Waals surface area contributed by atoms with Gasteiger partial charge >= 0.3 is 0 Å². The smallest absolute Gasteiger partial charge is 0.236 e. The Kier molecular flexibility index (Phi) is 3.94. The fourth-order valence-electron chi connectivity index (χ4n) is 1.08. The van der Waals surface area contributed by atoms with Crippen LogP contribution in [-0.4, -0.2) is 23.0 Å². The predicted molar refractivity (Wildman–Crippen MR) is 74.8 cm³/mol. The van der Waals surface area contributed by atoms with Crippen LogP contribution in [0.3, 0.4) is 0 Å². The number of hydrogen-bond acceptors (Lipinski definition) is 4. The average Bonchev–Trinajstić information content (AvgIpc) is 2.67. The maximum Gasteiger partial charge on any atom is 0.236 e. The first-order valence-electron chi connectivity index (χ1n) is 4.53. The number of amides is 1. The van der Waals surface area contributed by atoms with E-state index in [0.29, 0.717) is 10.9 Å². The van der Waals surface area contributed by atoms with Gasteiger partial charge in [-0.15, -0.1) is 5.10 Å². The normalized spacial score (nSPS) is 18.3. The quantitative estimate of drug-likeness (QED) is 0.505. The lowest BCUT2D eigenvalue weighted by Crippen LogP contribution is -2.19. The van der Waals surface area contributed by atoms with Gasteiger partial charge in [0.1, 0.15) is 0 Å². The van der Waals surface area contributed by atoms with E-state index in [4.69, 9.17) is 0 Å². The number of amidine groups is 1. The van der Waals surface area contributed by atoms with Gasteiger partial charge in [0.2, 0.25) is 5.91 Å². The number of thioether (sulfide) groups is 1. The lowest BCUT2D eigenvalue weighted by atomic mass is 10.2. The van der Waals surface area contributed by atoms with E-state index in [0.717, 1.165) is 5.56 Å². The third-order valence-electron chi connectivity index (χ3n) is 1.81. The lowest BCUT2D eigenvalue weighted by Gasteiger charge is -1.92. The summed E-state index contributed by atoms with van der Waals surface area (Å²) in [5.74, 6) is 0.408. The number of halogens is 1. The molecule has 1 aliphatic heterocycles. The zero-order chi connectivity index (χ0) is 11.4. The minimum atomic E-state index is -0.0202. The van der Waals surface area contributed by atoms with Crippen LogP contribution in [-0.2, 0) is 4.79 Å². The fraction of sp³-hybridized carbons (Fsp3) is 0.100. The van der Waals surface area contributed by atoms with Crippen LogP contribution in [0.25, 0.3) is 0 Å². The monoisotopic (exact) mass is 345 g/mol. The van der Waals surface area contributed by atoms with Crippen LogP contribution in [0.1, 0.15) is 5.56 Å². The first-order valence-corrected chi connectivity index (χ1v) is 6.60. The highest BCUT2D eigenvalue weighted by atomic mass is 127. The maximum absolute atomic E-state index is 10.9. The van der Waals surface area contributed by atoms with Crippen molar-refractivity contribution in [2.24, 2.45) is 10.2 Å². The summed E-state index contributed by atoms with van der Waals surface area (Å²) in [6, 6.07) is 7.93. The van der Waals surface area contributed by atoms with Crippen molar-refractivity contribution in [2.75, 3.05) is 5.75 Å². The molecule has 1 heterocycles. The Balaban J connectivity index is 1.99. The molecule has 4 nitrogen and oxygen atoms in total. The van der Waals surface area contributed by atoms with Crippen LogP contribution in [0.5, 0.6) is 0 Å². The van der Waals surface area contributed by atoms with Crippen molar-refractivity contribution >= 4 is 51.6 Å². The molecular formula is C10H8IN3OS. The first kappa shape index (κ1) is 11.6. The van der Waals surface area contributed by atoms with E-state index in [2.05, 4.69) is 38.1 Å². The van der Waals surface area contributed by atoms with E-state index in [1.807, 2.05) is 24.3 Å². The molecule has 16 heavy (non-hydrogen) atoms. The van der Waals surface area contributed by atoms with E-state index >= 15 is 0 Å². The highest BCUT2D eigenvalue weighted by molar-refractivity contribution is 14.1. The Morgan fingerprint density at radius 1 is 1.38 bits per heavy atom. The molecule has 1 aliphatic rings. The fourth-order valence-corrected chi connectivity index (χ4v) is 2.07. The zero-order valence-electron chi connectivity index (χ0n) is 8.18. The van der Waals surface area contributed by atoms with Gasteiger partial charge in [-0.3, -0.25) is 4.79 Å². The maximum atomic E-state index is 10.9. The summed E-state index contributed by atoms with van der Waals surface area (Å²) >= 11 is 3.61. The Morgan fingerprint density at radius 3 is 2.75 bits per heavy atom. The molecule has 1 aromatic carbocycles. The molecule has 0 bridgehead atoms. The second-order valence-electron chi connectivity index (χ2n) is 3.04. The number of rotatable bonds is 2. The second kappa shape index (κ2) is 5.44. The summed E-state index contributed by atoms with van der Waals surface area (Å²) < 4.78 is 1.18. The summed E-state index contributed by atoms with van der Waals surface area (Å²) in [5, 5.41) is 11.0. The highest BCUT2D eigenvalue weighted by Crippen LogP contribution is 2.09. The Labute approximate surface area is 111 Å². The molecule has 0 unspecified atom stereocenters. The van der Waals surface area contributed by atoms with Crippen molar-refractivity contribution in [3.8, 4) is 0 Å². The van der Waals surface area contributed by atoms with E-state index < -0.39 is 0 Å². The number of carbonyl (C=O) groups is 1. The molecule has 0 aliphatic carbocycles. The van der Waals surface area contributed by atoms with E-state index in [1.165, 1.54) is 15.3 Å². The molecule has 82 valence electrons. The first-order chi connectivity index (χ1) is 7.74. The van der Waals surface area contributed by atoms with Crippen LogP contribution in [0.15, 0.2) is 34.5 Å². The van der Waals surface area contributed by atoms with Crippen molar-refractivity contribution in [1.29, 1.82) is 0 Å². The standard InChI is InChI=1S/C10H8IN3OS/c11-8-3-1-7(2-4-8)5-12-14-10-13-9(15)6-16-10/h1-5H,6H2,(H,13,14,15). The highest BCUT2D eigenvalue weighted by Gasteiger charge is 2.15. The van der Waals surface area contributed by atoms with Crippen LogP contribution in [0.4, 0.5) is 0 Å². The minimum absolute atomic E-state index is 0.0202. The molecule has 1 saturated heterocycles. The van der Waals surface area contributed by atoms with Crippen LogP contribution >= 0.6 is 34.4 Å². The molecule has 1 fully saturated rings. The van der Waals surface area contributed by atoms with Gasteiger partial charge in [0.25, 0.3) is 0 Å². The van der Waals surface area contributed by atoms with Crippen molar-refractivity contribution in [1.82, 2.24) is 5.32 Å². The second-order valence-corrected chi connectivity index (χ2v) is 5.25. The van der Waals surface area contributed by atoms with Crippen molar-refractivity contribution in [3.63, 3.8) is 0 Å². The molecule has 1 amide bonds. The zero-order valence-corrected chi connectivity index (χ0v) is 11.2. The van der Waals surface area contributed by atoms with Crippen molar-refractivity contribution < 1.29 is 4.79 Å². The lowest BCUT2D eigenvalue weighted by molar-refractivity contribution is -0.116. The van der Waals surface area contributed by atoms with Crippen LogP contribution < -0.4 is 5.32 Å². The topological polar surface area (TPSA) is 53.8 Å². The summed E-state index contributed by atoms with van der Waals surface area (Å²) in [6.07, 6.45) is 1.66. The molecule has 6 heteroatoms. The number of hydrogen-bond donors (Lipinski definition) is 1. The molecule has 1 aromatic rings. The van der Waals surface area contributed by atoms with E-state index in [9.17, 15) is 4.79 Å². The summed E-state index contributed by atoms with van der Waals surface area (Å²) in [6.45, 7) is 0. The van der Waals surface area contributed by atoms with Crippen LogP contribution in [0, 0.1) is 3.57 Å². The van der Waals surface area contributed by atoms with E-state index in [1.54, 1.807) is 6.21 Å². The van der Waals surface area contributed by atoms with Gasteiger partial charge in [-0.2, -0.15) is 5.10 Å². The third-order valence-corrected chi connectivity index (χ3v) is 3.39. The van der Waals surface area contributed by atoms with Crippen molar-refractivity contribution in [3.05, 3.63) is 33.4 Å². The molecule has 0 saturated carbocycles. The van der Waals surface area contributed by atoms with Crippen molar-refractivity contribution in [2.45, 2.75) is 0 Å². The van der Waals surface area contributed by atoms with Gasteiger partial charge in [-0.05, 0) is 40.3 Å². The average molecular weight is 345 g/mol. The van der Waals surface area contributed by atoms with Gasteiger partial charge in [-0.25, -0.2) is 0 Å². The predicted octanol–water partition coefficient (Wildman–Crippen LogP) is 1.84. The largest absolute Gasteiger partial charge is 0.303 e. The SMILES string of the molecule is O=C1CSC(=NN=Cc2ccc(I)cc2)N1. The van der Waals surface area contributed by atoms with E-state index in [-0.39, 0.29) is 5.91 Å². The van der Waals surface area contributed by atoms with Gasteiger partial charge in [-0.1, -0.05) is 23.9 Å². The number of nitrogens with one attached hydrogen (secondary N) is 1. The number of carbonyl (C=O) groups excluding carboxylic acids is 1. The molecule has 2 rings (SSSR count). The summed E-state index contributed by atoms with van der Waals surface area (Å²) in [5.41, 5.74) is 0.985. The summed E-state index contributed by atoms with van der Waals surface area (Å²) in [7, 11) is 0. The Hall–Kier alpha value is -0.890. The summed E-state index contributed by atoms with van der Waals surface area (Å²) in [4.78, 5) is 10.9. The number of benzene rings is 1. The molecular weight excluding hydrogens is 337 g/mol. The Morgan fingerprint density at radius 2 is 2.12 bits per heavy atom. The van der Waals surface area contributed by atoms with Crippen LogP contribution in [0.2, 0.25) is 0 Å². The van der Waals surface area contributed by atoms with Gasteiger partial charge in [0.05, 0.1) is 12.0 Å². The molecule has 0 atom stereocenters.